The topological polar surface area (TPSA) is 88.0 Å². The largest absolute Gasteiger partial charge is 0.357 e. The number of hydrogen-bond donors (Lipinski definition) is 3. The molecule has 0 fully saturated rings. The molecular weight excluding hydrogens is 294 g/mol. The van der Waals surface area contributed by atoms with Crippen LogP contribution >= 0.6 is 0 Å². The molecule has 23 heavy (non-hydrogen) atoms. The Labute approximate surface area is 135 Å². The second kappa shape index (κ2) is 6.95. The smallest absolute Gasteiger partial charge is 0.325 e. The summed E-state index contributed by atoms with van der Waals surface area (Å²) in [7, 11) is 1.78. The van der Waals surface area contributed by atoms with E-state index >= 15 is 0 Å². The van der Waals surface area contributed by atoms with E-state index in [-0.39, 0.29) is 0 Å². The Hall–Kier alpha value is -2.83. The normalized spacial score (nSPS) is 11.7. The van der Waals surface area contributed by atoms with E-state index in [0.29, 0.717) is 11.5 Å². The number of benzene rings is 1. The molecule has 1 aromatic heterocycles. The highest BCUT2D eigenvalue weighted by atomic mass is 16.2. The average Bonchev–Trinajstić information content (AvgIpc) is 2.87. The van der Waals surface area contributed by atoms with Crippen molar-refractivity contribution in [2.24, 2.45) is 7.05 Å². The van der Waals surface area contributed by atoms with E-state index in [9.17, 15) is 9.59 Å². The van der Waals surface area contributed by atoms with Gasteiger partial charge in [-0.05, 0) is 32.4 Å². The highest BCUT2D eigenvalue weighted by Crippen LogP contribution is 2.15. The number of nitrogens with one attached hydrogen (secondary N) is 3. The fraction of sp³-hybridized carbons (Fsp3) is 0.312. The quantitative estimate of drug-likeness (QED) is 0.807. The fourth-order valence-corrected chi connectivity index (χ4v) is 2.11. The zero-order chi connectivity index (χ0) is 17.0. The van der Waals surface area contributed by atoms with Gasteiger partial charge in [-0.25, -0.2) is 4.79 Å². The standard InChI is InChI=1S/C16H21N5O2/c1-10-5-6-13(11(2)9-10)18-16(23)19-15(22)12(3)17-14-7-8-21(4)20-14/h5-9,12H,1-4H3,(H,17,20)(H2,18,19,22,23). The third-order valence-electron chi connectivity index (χ3n) is 3.34. The van der Waals surface area contributed by atoms with Crippen LogP contribution in [0.25, 0.3) is 0 Å². The Morgan fingerprint density at radius 3 is 2.57 bits per heavy atom. The molecule has 2 aromatic rings. The van der Waals surface area contributed by atoms with Crippen LogP contribution in [0, 0.1) is 13.8 Å². The summed E-state index contributed by atoms with van der Waals surface area (Å²) in [6, 6.07) is 6.27. The lowest BCUT2D eigenvalue weighted by atomic mass is 10.1. The predicted octanol–water partition coefficient (Wildman–Crippen LogP) is 2.19. The van der Waals surface area contributed by atoms with Crippen molar-refractivity contribution in [1.82, 2.24) is 15.1 Å². The van der Waals surface area contributed by atoms with Crippen LogP contribution in [0.1, 0.15) is 18.1 Å². The highest BCUT2D eigenvalue weighted by Gasteiger charge is 2.16. The third-order valence-corrected chi connectivity index (χ3v) is 3.34. The van der Waals surface area contributed by atoms with Crippen LogP contribution in [-0.4, -0.2) is 27.8 Å². The van der Waals surface area contributed by atoms with Gasteiger partial charge in [0.1, 0.15) is 11.9 Å². The lowest BCUT2D eigenvalue weighted by Crippen LogP contribution is -2.43. The molecule has 1 atom stereocenters. The lowest BCUT2D eigenvalue weighted by Gasteiger charge is -2.14. The second-order valence-corrected chi connectivity index (χ2v) is 5.50. The first-order valence-corrected chi connectivity index (χ1v) is 7.30. The van der Waals surface area contributed by atoms with Gasteiger partial charge in [0.2, 0.25) is 5.91 Å². The van der Waals surface area contributed by atoms with Crippen molar-refractivity contribution in [3.05, 3.63) is 41.6 Å². The van der Waals surface area contributed by atoms with Crippen molar-refractivity contribution < 1.29 is 9.59 Å². The van der Waals surface area contributed by atoms with Gasteiger partial charge in [0.05, 0.1) is 0 Å². The maximum absolute atomic E-state index is 12.0. The third kappa shape index (κ3) is 4.57. The van der Waals surface area contributed by atoms with Crippen LogP contribution in [0.5, 0.6) is 0 Å². The number of rotatable bonds is 4. The van der Waals surface area contributed by atoms with Crippen LogP contribution in [0.4, 0.5) is 16.3 Å². The molecule has 1 heterocycles. The molecule has 0 aliphatic heterocycles. The van der Waals surface area contributed by atoms with Gasteiger partial charge >= 0.3 is 6.03 Å². The Morgan fingerprint density at radius 2 is 1.96 bits per heavy atom. The number of amides is 3. The van der Waals surface area contributed by atoms with E-state index in [2.05, 4.69) is 21.0 Å². The highest BCUT2D eigenvalue weighted by molar-refractivity contribution is 6.03. The Bertz CT molecular complexity index is 723. The van der Waals surface area contributed by atoms with Gasteiger partial charge in [0, 0.05) is 25.0 Å². The second-order valence-electron chi connectivity index (χ2n) is 5.50. The van der Waals surface area contributed by atoms with Crippen molar-refractivity contribution in [2.45, 2.75) is 26.8 Å². The molecule has 0 aliphatic carbocycles. The number of anilines is 2. The molecule has 0 bridgehead atoms. The molecule has 122 valence electrons. The predicted molar refractivity (Wildman–Crippen MR) is 89.4 cm³/mol. The minimum Gasteiger partial charge on any atom is -0.357 e. The van der Waals surface area contributed by atoms with Crippen molar-refractivity contribution in [2.75, 3.05) is 10.6 Å². The van der Waals surface area contributed by atoms with Gasteiger partial charge in [0.25, 0.3) is 0 Å². The summed E-state index contributed by atoms with van der Waals surface area (Å²) in [6.07, 6.45) is 1.76. The fourth-order valence-electron chi connectivity index (χ4n) is 2.11. The van der Waals surface area contributed by atoms with E-state index in [1.54, 1.807) is 30.9 Å². The van der Waals surface area contributed by atoms with Gasteiger partial charge in [-0.3, -0.25) is 14.8 Å². The number of hydrogen-bond acceptors (Lipinski definition) is 4. The molecule has 3 N–H and O–H groups in total. The monoisotopic (exact) mass is 315 g/mol. The summed E-state index contributed by atoms with van der Waals surface area (Å²) in [6.45, 7) is 5.54. The number of carbonyl (C=O) groups excluding carboxylic acids is 2. The number of urea groups is 1. The van der Waals surface area contributed by atoms with Crippen molar-refractivity contribution in [3.8, 4) is 0 Å². The summed E-state index contributed by atoms with van der Waals surface area (Å²) in [4.78, 5) is 24.0. The van der Waals surface area contributed by atoms with Crippen molar-refractivity contribution >= 4 is 23.4 Å². The maximum atomic E-state index is 12.0. The molecule has 3 amide bonds. The van der Waals surface area contributed by atoms with Gasteiger partial charge in [-0.2, -0.15) is 5.10 Å². The van der Waals surface area contributed by atoms with Crippen molar-refractivity contribution in [3.63, 3.8) is 0 Å². The molecular formula is C16H21N5O2. The Kier molecular flexibility index (Phi) is 5.00. The molecule has 7 heteroatoms. The van der Waals surface area contributed by atoms with Crippen LogP contribution in [-0.2, 0) is 11.8 Å². The van der Waals surface area contributed by atoms with E-state index in [1.807, 2.05) is 32.0 Å². The zero-order valence-corrected chi connectivity index (χ0v) is 13.7. The lowest BCUT2D eigenvalue weighted by molar-refractivity contribution is -0.120. The van der Waals surface area contributed by atoms with Crippen LogP contribution in [0.3, 0.4) is 0 Å². The van der Waals surface area contributed by atoms with E-state index in [0.717, 1.165) is 11.1 Å². The average molecular weight is 315 g/mol. The Morgan fingerprint density at radius 1 is 1.22 bits per heavy atom. The summed E-state index contributed by atoms with van der Waals surface area (Å²) in [5, 5.41) is 12.0. The first-order chi connectivity index (χ1) is 10.8. The number of carbonyl (C=O) groups is 2. The van der Waals surface area contributed by atoms with E-state index in [4.69, 9.17) is 0 Å². The first kappa shape index (κ1) is 16.5. The summed E-state index contributed by atoms with van der Waals surface area (Å²) in [5.41, 5.74) is 2.72. The molecule has 7 nitrogen and oxygen atoms in total. The van der Waals surface area contributed by atoms with Crippen LogP contribution in [0.15, 0.2) is 30.5 Å². The van der Waals surface area contributed by atoms with Gasteiger partial charge < -0.3 is 10.6 Å². The zero-order valence-electron chi connectivity index (χ0n) is 13.7. The van der Waals surface area contributed by atoms with Crippen LogP contribution in [0.2, 0.25) is 0 Å². The SMILES string of the molecule is Cc1ccc(NC(=O)NC(=O)C(C)Nc2ccn(C)n2)c(C)c1. The minimum atomic E-state index is -0.588. The molecule has 0 radical (unpaired) electrons. The van der Waals surface area contributed by atoms with E-state index < -0.39 is 18.0 Å². The van der Waals surface area contributed by atoms with Gasteiger partial charge in [0.15, 0.2) is 0 Å². The number of imide groups is 1. The van der Waals surface area contributed by atoms with E-state index in [1.165, 1.54) is 0 Å². The molecule has 1 aromatic carbocycles. The summed E-state index contributed by atoms with van der Waals surface area (Å²) >= 11 is 0. The van der Waals surface area contributed by atoms with Crippen molar-refractivity contribution in [1.29, 1.82) is 0 Å². The molecule has 0 saturated carbocycles. The van der Waals surface area contributed by atoms with Gasteiger partial charge in [-0.15, -0.1) is 0 Å². The van der Waals surface area contributed by atoms with Crippen LogP contribution < -0.4 is 16.0 Å². The molecule has 0 saturated heterocycles. The minimum absolute atomic E-state index is 0.432. The molecule has 2 rings (SSSR count). The number of nitrogens with zero attached hydrogens (tertiary/aromatic N) is 2. The number of aryl methyl sites for hydroxylation is 3. The summed E-state index contributed by atoms with van der Waals surface area (Å²) < 4.78 is 1.62. The molecule has 1 unspecified atom stereocenters. The summed E-state index contributed by atoms with van der Waals surface area (Å²) in [5.74, 6) is 0.142. The number of aromatic nitrogens is 2. The molecule has 0 spiro atoms. The van der Waals surface area contributed by atoms with Gasteiger partial charge in [-0.1, -0.05) is 17.7 Å². The molecule has 0 aliphatic rings. The maximum Gasteiger partial charge on any atom is 0.325 e. The Balaban J connectivity index is 1.90. The first-order valence-electron chi connectivity index (χ1n) is 7.30.